The van der Waals surface area contributed by atoms with Crippen LogP contribution < -0.4 is 11.5 Å². The average molecular weight is 214 g/mol. The maximum Gasteiger partial charge on any atom is 0.234 e. The first-order valence-electron chi connectivity index (χ1n) is 5.19. The maximum atomic E-state index is 10.9. The summed E-state index contributed by atoms with van der Waals surface area (Å²) in [5, 5.41) is 2.33. The third kappa shape index (κ3) is 2.20. The molecular formula is C13H14N2O. The molecule has 0 radical (unpaired) electrons. The van der Waals surface area contributed by atoms with Crippen LogP contribution in [0.5, 0.6) is 0 Å². The zero-order valence-corrected chi connectivity index (χ0v) is 8.89. The van der Waals surface area contributed by atoms with Gasteiger partial charge in [0.25, 0.3) is 0 Å². The largest absolute Gasteiger partial charge is 0.368 e. The molecule has 0 saturated heterocycles. The first kappa shape index (κ1) is 10.6. The SMILES string of the molecule is NC(=O)[C@@H](N)Cc1ccc2ccccc2c1. The van der Waals surface area contributed by atoms with E-state index in [0.29, 0.717) is 6.42 Å². The monoisotopic (exact) mass is 214 g/mol. The Morgan fingerprint density at radius 1 is 1.12 bits per heavy atom. The lowest BCUT2D eigenvalue weighted by Gasteiger charge is -2.08. The van der Waals surface area contributed by atoms with Gasteiger partial charge in [-0.1, -0.05) is 42.5 Å². The molecule has 0 bridgehead atoms. The molecule has 2 aromatic rings. The van der Waals surface area contributed by atoms with Gasteiger partial charge >= 0.3 is 0 Å². The highest BCUT2D eigenvalue weighted by molar-refractivity contribution is 5.84. The molecule has 0 fully saturated rings. The summed E-state index contributed by atoms with van der Waals surface area (Å²) in [4.78, 5) is 10.9. The van der Waals surface area contributed by atoms with Crippen LogP contribution in [0.2, 0.25) is 0 Å². The zero-order valence-electron chi connectivity index (χ0n) is 8.89. The molecule has 2 rings (SSSR count). The first-order valence-corrected chi connectivity index (χ1v) is 5.19. The van der Waals surface area contributed by atoms with Gasteiger partial charge in [0, 0.05) is 0 Å². The minimum atomic E-state index is -0.610. The number of hydrogen-bond donors (Lipinski definition) is 2. The summed E-state index contributed by atoms with van der Waals surface area (Å²) in [5.74, 6) is -0.465. The molecule has 0 aromatic heterocycles. The van der Waals surface area contributed by atoms with Crippen LogP contribution in [0.1, 0.15) is 5.56 Å². The third-order valence-electron chi connectivity index (χ3n) is 2.63. The molecular weight excluding hydrogens is 200 g/mol. The van der Waals surface area contributed by atoms with Crippen molar-refractivity contribution < 1.29 is 4.79 Å². The number of benzene rings is 2. The van der Waals surface area contributed by atoms with E-state index in [9.17, 15) is 4.79 Å². The van der Waals surface area contributed by atoms with Crippen LogP contribution >= 0.6 is 0 Å². The zero-order chi connectivity index (χ0) is 11.5. The number of hydrogen-bond acceptors (Lipinski definition) is 2. The van der Waals surface area contributed by atoms with Crippen molar-refractivity contribution in [1.82, 2.24) is 0 Å². The lowest BCUT2D eigenvalue weighted by atomic mass is 10.0. The molecule has 16 heavy (non-hydrogen) atoms. The van der Waals surface area contributed by atoms with Crippen molar-refractivity contribution in [3.8, 4) is 0 Å². The standard InChI is InChI=1S/C13H14N2O/c14-12(13(15)16)8-9-5-6-10-3-1-2-4-11(10)7-9/h1-7,12H,8,14H2,(H2,15,16)/t12-/m0/s1. The molecule has 0 heterocycles. The Bertz CT molecular complexity index is 522. The van der Waals surface area contributed by atoms with Crippen LogP contribution in [-0.4, -0.2) is 11.9 Å². The number of carbonyl (C=O) groups excluding carboxylic acids is 1. The van der Waals surface area contributed by atoms with Crippen molar-refractivity contribution in [2.75, 3.05) is 0 Å². The van der Waals surface area contributed by atoms with E-state index in [0.717, 1.165) is 10.9 Å². The molecule has 3 heteroatoms. The van der Waals surface area contributed by atoms with Crippen LogP contribution in [0.3, 0.4) is 0 Å². The van der Waals surface area contributed by atoms with E-state index in [1.165, 1.54) is 5.39 Å². The Labute approximate surface area is 94.0 Å². The summed E-state index contributed by atoms with van der Waals surface area (Å²) in [6, 6.07) is 13.5. The van der Waals surface area contributed by atoms with E-state index in [1.807, 2.05) is 42.5 Å². The summed E-state index contributed by atoms with van der Waals surface area (Å²) in [6.45, 7) is 0. The fraction of sp³-hybridized carbons (Fsp3) is 0.154. The van der Waals surface area contributed by atoms with Crippen LogP contribution in [0.4, 0.5) is 0 Å². The van der Waals surface area contributed by atoms with Gasteiger partial charge in [0.15, 0.2) is 0 Å². The first-order chi connectivity index (χ1) is 7.66. The highest BCUT2D eigenvalue weighted by Crippen LogP contribution is 2.16. The Morgan fingerprint density at radius 2 is 1.81 bits per heavy atom. The van der Waals surface area contributed by atoms with E-state index in [1.54, 1.807) is 0 Å². The number of carbonyl (C=O) groups is 1. The molecule has 0 spiro atoms. The molecule has 0 unspecified atom stereocenters. The van der Waals surface area contributed by atoms with Gasteiger partial charge in [0.2, 0.25) is 5.91 Å². The van der Waals surface area contributed by atoms with E-state index in [4.69, 9.17) is 11.5 Å². The van der Waals surface area contributed by atoms with E-state index >= 15 is 0 Å². The lowest BCUT2D eigenvalue weighted by molar-refractivity contribution is -0.119. The van der Waals surface area contributed by atoms with Crippen molar-refractivity contribution in [2.24, 2.45) is 11.5 Å². The van der Waals surface area contributed by atoms with Crippen molar-refractivity contribution in [3.63, 3.8) is 0 Å². The van der Waals surface area contributed by atoms with Gasteiger partial charge in [-0.3, -0.25) is 4.79 Å². The molecule has 0 aliphatic heterocycles. The smallest absolute Gasteiger partial charge is 0.234 e. The van der Waals surface area contributed by atoms with Crippen molar-refractivity contribution >= 4 is 16.7 Å². The van der Waals surface area contributed by atoms with Gasteiger partial charge in [-0.05, 0) is 22.8 Å². The van der Waals surface area contributed by atoms with Crippen molar-refractivity contribution in [3.05, 3.63) is 48.0 Å². The Kier molecular flexibility index (Phi) is 2.88. The predicted molar refractivity (Wildman–Crippen MR) is 64.8 cm³/mol. The minimum absolute atomic E-state index is 0.465. The molecule has 4 N–H and O–H groups in total. The fourth-order valence-corrected chi connectivity index (χ4v) is 1.72. The highest BCUT2D eigenvalue weighted by Gasteiger charge is 2.09. The summed E-state index contributed by atoms with van der Waals surface area (Å²) < 4.78 is 0. The molecule has 1 atom stereocenters. The van der Waals surface area contributed by atoms with Gasteiger partial charge in [-0.25, -0.2) is 0 Å². The second-order valence-corrected chi connectivity index (χ2v) is 3.89. The molecule has 0 aliphatic rings. The number of primary amides is 1. The Morgan fingerprint density at radius 3 is 2.50 bits per heavy atom. The number of rotatable bonds is 3. The van der Waals surface area contributed by atoms with E-state index < -0.39 is 11.9 Å². The Hall–Kier alpha value is -1.87. The van der Waals surface area contributed by atoms with Crippen LogP contribution in [0.25, 0.3) is 10.8 Å². The molecule has 82 valence electrons. The van der Waals surface area contributed by atoms with Crippen LogP contribution in [0.15, 0.2) is 42.5 Å². The highest BCUT2D eigenvalue weighted by atomic mass is 16.1. The summed E-state index contributed by atoms with van der Waals surface area (Å²) in [6.07, 6.45) is 0.486. The van der Waals surface area contributed by atoms with Gasteiger partial charge in [-0.15, -0.1) is 0 Å². The Balaban J connectivity index is 2.29. The molecule has 0 aliphatic carbocycles. The third-order valence-corrected chi connectivity index (χ3v) is 2.63. The number of nitrogens with two attached hydrogens (primary N) is 2. The van der Waals surface area contributed by atoms with Crippen LogP contribution in [0, 0.1) is 0 Å². The van der Waals surface area contributed by atoms with Gasteiger partial charge in [0.1, 0.15) is 0 Å². The average Bonchev–Trinajstić information content (AvgIpc) is 2.28. The van der Waals surface area contributed by atoms with Crippen molar-refractivity contribution in [2.45, 2.75) is 12.5 Å². The normalized spacial score (nSPS) is 12.6. The van der Waals surface area contributed by atoms with E-state index in [-0.39, 0.29) is 0 Å². The second kappa shape index (κ2) is 4.33. The topological polar surface area (TPSA) is 69.1 Å². The fourth-order valence-electron chi connectivity index (χ4n) is 1.72. The number of amides is 1. The van der Waals surface area contributed by atoms with Gasteiger partial charge in [-0.2, -0.15) is 0 Å². The molecule has 1 amide bonds. The predicted octanol–water partition coefficient (Wildman–Crippen LogP) is 1.19. The number of fused-ring (bicyclic) bond motifs is 1. The molecule has 2 aromatic carbocycles. The lowest BCUT2D eigenvalue weighted by Crippen LogP contribution is -2.38. The molecule has 3 nitrogen and oxygen atoms in total. The van der Waals surface area contributed by atoms with Crippen LogP contribution in [-0.2, 0) is 11.2 Å². The summed E-state index contributed by atoms with van der Waals surface area (Å²) >= 11 is 0. The quantitative estimate of drug-likeness (QED) is 0.805. The van der Waals surface area contributed by atoms with E-state index in [2.05, 4.69) is 0 Å². The molecule has 0 saturated carbocycles. The van der Waals surface area contributed by atoms with Crippen molar-refractivity contribution in [1.29, 1.82) is 0 Å². The minimum Gasteiger partial charge on any atom is -0.368 e. The van der Waals surface area contributed by atoms with Gasteiger partial charge in [0.05, 0.1) is 6.04 Å². The maximum absolute atomic E-state index is 10.9. The summed E-state index contributed by atoms with van der Waals surface area (Å²) in [5.41, 5.74) is 11.8. The van der Waals surface area contributed by atoms with Gasteiger partial charge < -0.3 is 11.5 Å². The summed E-state index contributed by atoms with van der Waals surface area (Å²) in [7, 11) is 0. The second-order valence-electron chi connectivity index (χ2n) is 3.89.